The fraction of sp³-hybridized carbons (Fsp3) is 0.444. The molecule has 1 aliphatic rings. The number of aryl methyl sites for hydroxylation is 1. The number of hydrogen-bond donors (Lipinski definition) is 0. The normalized spacial score (nSPS) is 14.9. The molecule has 136 valence electrons. The molecule has 0 atom stereocenters. The highest BCUT2D eigenvalue weighted by Crippen LogP contribution is 2.29. The molecule has 0 amide bonds. The molecule has 0 aromatic carbocycles. The van der Waals surface area contributed by atoms with Crippen molar-refractivity contribution in [1.29, 1.82) is 0 Å². The maximum atomic E-state index is 4.82. The number of nitrogens with zero attached hydrogens (tertiary/aromatic N) is 7. The van der Waals surface area contributed by atoms with Gasteiger partial charge >= 0.3 is 0 Å². The lowest BCUT2D eigenvalue weighted by Crippen LogP contribution is -2.47. The maximum absolute atomic E-state index is 4.82. The number of piperazine rings is 1. The average molecular weight is 369 g/mol. The minimum Gasteiger partial charge on any atom is -0.353 e. The van der Waals surface area contributed by atoms with Gasteiger partial charge in [0.15, 0.2) is 0 Å². The second kappa shape index (κ2) is 7.03. The van der Waals surface area contributed by atoms with Crippen LogP contribution in [-0.4, -0.2) is 60.2 Å². The van der Waals surface area contributed by atoms with E-state index in [0.717, 1.165) is 66.2 Å². The molecule has 0 bridgehead atoms. The Morgan fingerprint density at radius 3 is 2.54 bits per heavy atom. The zero-order chi connectivity index (χ0) is 18.1. The summed E-state index contributed by atoms with van der Waals surface area (Å²) in [5.41, 5.74) is 0. The van der Waals surface area contributed by atoms with Gasteiger partial charge in [-0.1, -0.05) is 6.92 Å². The van der Waals surface area contributed by atoms with Crippen molar-refractivity contribution in [2.24, 2.45) is 0 Å². The Labute approximate surface area is 157 Å². The number of fused-ring (bicyclic) bond motifs is 1. The SMILES string of the molecule is CCc1nc(N2CCN(c3ccnc(N(C)C)n3)CC2)c2ccsc2n1. The van der Waals surface area contributed by atoms with E-state index >= 15 is 0 Å². The van der Waals surface area contributed by atoms with E-state index in [1.54, 1.807) is 11.3 Å². The fourth-order valence-electron chi connectivity index (χ4n) is 3.16. The van der Waals surface area contributed by atoms with Crippen LogP contribution >= 0.6 is 11.3 Å². The van der Waals surface area contributed by atoms with Gasteiger partial charge in [-0.25, -0.2) is 15.0 Å². The van der Waals surface area contributed by atoms with E-state index in [0.29, 0.717) is 0 Å². The Bertz CT molecular complexity index is 899. The lowest BCUT2D eigenvalue weighted by Gasteiger charge is -2.36. The quantitative estimate of drug-likeness (QED) is 0.700. The molecular weight excluding hydrogens is 346 g/mol. The Hall–Kier alpha value is -2.48. The highest BCUT2D eigenvalue weighted by Gasteiger charge is 2.22. The minimum atomic E-state index is 0.744. The zero-order valence-corrected chi connectivity index (χ0v) is 16.2. The van der Waals surface area contributed by atoms with Crippen LogP contribution in [-0.2, 0) is 6.42 Å². The van der Waals surface area contributed by atoms with E-state index in [9.17, 15) is 0 Å². The van der Waals surface area contributed by atoms with Gasteiger partial charge in [-0.2, -0.15) is 4.98 Å². The summed E-state index contributed by atoms with van der Waals surface area (Å²) in [6.07, 6.45) is 2.69. The predicted octanol–water partition coefficient (Wildman–Crippen LogP) is 2.44. The first-order chi connectivity index (χ1) is 12.7. The summed E-state index contributed by atoms with van der Waals surface area (Å²) in [7, 11) is 3.92. The molecule has 26 heavy (non-hydrogen) atoms. The lowest BCUT2D eigenvalue weighted by atomic mass is 10.2. The molecule has 1 saturated heterocycles. The molecule has 8 heteroatoms. The van der Waals surface area contributed by atoms with Gasteiger partial charge in [0, 0.05) is 52.9 Å². The van der Waals surface area contributed by atoms with Gasteiger partial charge in [-0.3, -0.25) is 0 Å². The Morgan fingerprint density at radius 1 is 1.04 bits per heavy atom. The molecule has 7 nitrogen and oxygen atoms in total. The standard InChI is InChI=1S/C18H23N7S/c1-4-14-20-16(13-6-12-26-17(13)21-14)25-10-8-24(9-11-25)15-5-7-19-18(22-15)23(2)3/h5-7,12H,4,8-11H2,1-3H3. The van der Waals surface area contributed by atoms with Crippen LogP contribution in [0, 0.1) is 0 Å². The highest BCUT2D eigenvalue weighted by molar-refractivity contribution is 7.16. The first-order valence-electron chi connectivity index (χ1n) is 8.90. The van der Waals surface area contributed by atoms with Crippen LogP contribution in [0.5, 0.6) is 0 Å². The smallest absolute Gasteiger partial charge is 0.226 e. The minimum absolute atomic E-state index is 0.744. The van der Waals surface area contributed by atoms with Crippen LogP contribution in [0.25, 0.3) is 10.2 Å². The van der Waals surface area contributed by atoms with E-state index in [1.807, 2.05) is 31.3 Å². The van der Waals surface area contributed by atoms with E-state index in [1.165, 1.54) is 0 Å². The van der Waals surface area contributed by atoms with Crippen LogP contribution in [0.15, 0.2) is 23.7 Å². The largest absolute Gasteiger partial charge is 0.353 e. The number of aromatic nitrogens is 4. The Balaban J connectivity index is 1.54. The summed E-state index contributed by atoms with van der Waals surface area (Å²) < 4.78 is 0. The van der Waals surface area contributed by atoms with Crippen LogP contribution < -0.4 is 14.7 Å². The van der Waals surface area contributed by atoms with Gasteiger partial charge in [0.25, 0.3) is 0 Å². The summed E-state index contributed by atoms with van der Waals surface area (Å²) in [5, 5.41) is 3.26. The van der Waals surface area contributed by atoms with Gasteiger partial charge in [0.1, 0.15) is 22.3 Å². The number of hydrogen-bond acceptors (Lipinski definition) is 8. The molecule has 0 saturated carbocycles. The highest BCUT2D eigenvalue weighted by atomic mass is 32.1. The Kier molecular flexibility index (Phi) is 4.58. The summed E-state index contributed by atoms with van der Waals surface area (Å²) >= 11 is 1.69. The summed E-state index contributed by atoms with van der Waals surface area (Å²) in [6.45, 7) is 5.79. The fourth-order valence-corrected chi connectivity index (χ4v) is 3.94. The van der Waals surface area contributed by atoms with Crippen molar-refractivity contribution in [3.8, 4) is 0 Å². The average Bonchev–Trinajstić information content (AvgIpc) is 3.16. The van der Waals surface area contributed by atoms with E-state index in [-0.39, 0.29) is 0 Å². The number of thiophene rings is 1. The first-order valence-corrected chi connectivity index (χ1v) is 9.78. The maximum Gasteiger partial charge on any atom is 0.226 e. The summed E-state index contributed by atoms with van der Waals surface area (Å²) in [6, 6.07) is 4.12. The van der Waals surface area contributed by atoms with Crippen molar-refractivity contribution in [2.75, 3.05) is 55.0 Å². The molecule has 3 aromatic heterocycles. The topological polar surface area (TPSA) is 61.3 Å². The molecule has 3 aromatic rings. The van der Waals surface area contributed by atoms with Gasteiger partial charge in [0.05, 0.1) is 5.39 Å². The van der Waals surface area contributed by atoms with Crippen LogP contribution in [0.4, 0.5) is 17.6 Å². The molecular formula is C18H23N7S. The molecule has 0 radical (unpaired) electrons. The van der Waals surface area contributed by atoms with Gasteiger partial charge in [-0.15, -0.1) is 11.3 Å². The lowest BCUT2D eigenvalue weighted by molar-refractivity contribution is 0.641. The molecule has 1 aliphatic heterocycles. The van der Waals surface area contributed by atoms with E-state index in [2.05, 4.69) is 43.1 Å². The molecule has 4 heterocycles. The van der Waals surface area contributed by atoms with Gasteiger partial charge in [0.2, 0.25) is 5.95 Å². The van der Waals surface area contributed by atoms with Gasteiger partial charge in [-0.05, 0) is 17.5 Å². The number of rotatable bonds is 4. The second-order valence-electron chi connectivity index (χ2n) is 6.54. The monoisotopic (exact) mass is 369 g/mol. The second-order valence-corrected chi connectivity index (χ2v) is 7.43. The van der Waals surface area contributed by atoms with Crippen molar-refractivity contribution >= 4 is 39.1 Å². The molecule has 0 unspecified atom stereocenters. The number of anilines is 3. The summed E-state index contributed by atoms with van der Waals surface area (Å²) in [5.74, 6) is 3.72. The van der Waals surface area contributed by atoms with Crippen LogP contribution in [0.2, 0.25) is 0 Å². The van der Waals surface area contributed by atoms with Gasteiger partial charge < -0.3 is 14.7 Å². The van der Waals surface area contributed by atoms with Crippen molar-refractivity contribution in [1.82, 2.24) is 19.9 Å². The molecule has 0 aliphatic carbocycles. The van der Waals surface area contributed by atoms with Crippen molar-refractivity contribution in [3.63, 3.8) is 0 Å². The predicted molar refractivity (Wildman–Crippen MR) is 108 cm³/mol. The first kappa shape index (κ1) is 17.0. The summed E-state index contributed by atoms with van der Waals surface area (Å²) in [4.78, 5) is 26.1. The van der Waals surface area contributed by atoms with Crippen LogP contribution in [0.1, 0.15) is 12.7 Å². The van der Waals surface area contributed by atoms with Crippen LogP contribution in [0.3, 0.4) is 0 Å². The third-order valence-corrected chi connectivity index (χ3v) is 5.41. The third kappa shape index (κ3) is 3.16. The Morgan fingerprint density at radius 2 is 1.81 bits per heavy atom. The van der Waals surface area contributed by atoms with E-state index in [4.69, 9.17) is 4.98 Å². The molecule has 0 spiro atoms. The van der Waals surface area contributed by atoms with Crippen molar-refractivity contribution < 1.29 is 0 Å². The third-order valence-electron chi connectivity index (χ3n) is 4.60. The molecule has 1 fully saturated rings. The molecule has 4 rings (SSSR count). The van der Waals surface area contributed by atoms with Crippen molar-refractivity contribution in [2.45, 2.75) is 13.3 Å². The molecule has 0 N–H and O–H groups in total. The van der Waals surface area contributed by atoms with Crippen molar-refractivity contribution in [3.05, 3.63) is 29.5 Å². The zero-order valence-electron chi connectivity index (χ0n) is 15.4. The van der Waals surface area contributed by atoms with E-state index < -0.39 is 0 Å².